The van der Waals surface area contributed by atoms with Gasteiger partial charge in [-0.1, -0.05) is 6.07 Å². The minimum atomic E-state index is -1.34. The lowest BCUT2D eigenvalue weighted by Crippen LogP contribution is -2.58. The van der Waals surface area contributed by atoms with E-state index in [1.165, 1.54) is 41.3 Å². The number of likely N-dealkylation sites (tertiary alicyclic amines) is 1. The highest BCUT2D eigenvalue weighted by Gasteiger charge is 2.42. The second kappa shape index (κ2) is 7.15. The van der Waals surface area contributed by atoms with Gasteiger partial charge in [-0.3, -0.25) is 4.79 Å². The van der Waals surface area contributed by atoms with Crippen LogP contribution in [0.25, 0.3) is 11.0 Å². The van der Waals surface area contributed by atoms with E-state index in [9.17, 15) is 18.7 Å². The van der Waals surface area contributed by atoms with Crippen molar-refractivity contribution < 1.29 is 27.8 Å². The van der Waals surface area contributed by atoms with E-state index in [0.29, 0.717) is 35.2 Å². The van der Waals surface area contributed by atoms with Crippen molar-refractivity contribution >= 4 is 16.9 Å². The van der Waals surface area contributed by atoms with Gasteiger partial charge in [0.25, 0.3) is 5.91 Å². The number of hydrogen-bond donors (Lipinski definition) is 1. The number of ether oxygens (including phenoxy) is 1. The van der Waals surface area contributed by atoms with Crippen LogP contribution in [0, 0.1) is 18.6 Å². The summed E-state index contributed by atoms with van der Waals surface area (Å²) in [6, 6.07) is 9.82. The Labute approximate surface area is 166 Å². The van der Waals surface area contributed by atoms with E-state index in [0.717, 1.165) is 0 Å². The van der Waals surface area contributed by atoms with E-state index in [4.69, 9.17) is 9.15 Å². The summed E-state index contributed by atoms with van der Waals surface area (Å²) in [6.07, 6.45) is -0.234. The third kappa shape index (κ3) is 3.70. The van der Waals surface area contributed by atoms with Crippen LogP contribution in [0.5, 0.6) is 5.75 Å². The first-order chi connectivity index (χ1) is 13.7. The van der Waals surface area contributed by atoms with Gasteiger partial charge in [-0.05, 0) is 44.2 Å². The number of benzene rings is 2. The summed E-state index contributed by atoms with van der Waals surface area (Å²) in [5.41, 5.74) is -0.350. The van der Waals surface area contributed by atoms with Crippen molar-refractivity contribution in [3.05, 3.63) is 65.4 Å². The molecule has 1 aliphatic heterocycles. The number of rotatable bonds is 3. The van der Waals surface area contributed by atoms with E-state index in [1.54, 1.807) is 19.9 Å². The maximum absolute atomic E-state index is 13.5. The summed E-state index contributed by atoms with van der Waals surface area (Å²) in [5.74, 6) is -0.745. The van der Waals surface area contributed by atoms with Crippen molar-refractivity contribution in [3.8, 4) is 5.75 Å². The fourth-order valence-corrected chi connectivity index (χ4v) is 3.76. The molecule has 1 aromatic heterocycles. The molecule has 1 fully saturated rings. The Morgan fingerprint density at radius 2 is 2.00 bits per heavy atom. The Hall–Kier alpha value is -2.93. The zero-order valence-electron chi connectivity index (χ0n) is 16.1. The molecular weight excluding hydrogens is 380 g/mol. The Balaban J connectivity index is 1.53. The largest absolute Gasteiger partial charge is 0.487 e. The van der Waals surface area contributed by atoms with Crippen LogP contribution in [0.15, 0.2) is 46.9 Å². The first kappa shape index (κ1) is 19.4. The van der Waals surface area contributed by atoms with Crippen LogP contribution in [-0.2, 0) is 0 Å². The van der Waals surface area contributed by atoms with Gasteiger partial charge in [-0.25, -0.2) is 8.78 Å². The molecular formula is C22H21F2NO4. The molecule has 1 amide bonds. The fraction of sp³-hybridized carbons (Fsp3) is 0.318. The number of aryl methyl sites for hydroxylation is 1. The van der Waals surface area contributed by atoms with E-state index in [2.05, 4.69) is 0 Å². The van der Waals surface area contributed by atoms with Gasteiger partial charge in [0, 0.05) is 30.0 Å². The average molecular weight is 401 g/mol. The monoisotopic (exact) mass is 401 g/mol. The van der Waals surface area contributed by atoms with E-state index in [-0.39, 0.29) is 18.2 Å². The third-order valence-corrected chi connectivity index (χ3v) is 5.32. The highest BCUT2D eigenvalue weighted by atomic mass is 19.1. The number of hydrogen-bond acceptors (Lipinski definition) is 4. The third-order valence-electron chi connectivity index (χ3n) is 5.32. The lowest BCUT2D eigenvalue weighted by molar-refractivity contribution is -0.0903. The molecule has 29 heavy (non-hydrogen) atoms. The minimum absolute atomic E-state index is 0.0245. The number of aliphatic hydroxyl groups is 1. The van der Waals surface area contributed by atoms with Crippen molar-refractivity contribution in [2.45, 2.75) is 32.0 Å². The van der Waals surface area contributed by atoms with Crippen LogP contribution in [0.4, 0.5) is 8.78 Å². The number of fused-ring (bicyclic) bond motifs is 1. The zero-order chi connectivity index (χ0) is 20.8. The quantitative estimate of drug-likeness (QED) is 0.719. The summed E-state index contributed by atoms with van der Waals surface area (Å²) >= 11 is 0. The van der Waals surface area contributed by atoms with Crippen LogP contribution in [0.2, 0.25) is 0 Å². The molecule has 7 heteroatoms. The second-order valence-corrected chi connectivity index (χ2v) is 7.63. The smallest absolute Gasteiger partial charge is 0.289 e. The van der Waals surface area contributed by atoms with Gasteiger partial charge in [0.15, 0.2) is 5.76 Å². The molecule has 2 heterocycles. The number of furan rings is 1. The number of halogens is 2. The predicted molar refractivity (Wildman–Crippen MR) is 103 cm³/mol. The summed E-state index contributed by atoms with van der Waals surface area (Å²) in [5, 5.41) is 11.4. The number of β-amino-alcohol motifs (C(OH)–C–C–N with tert-alkyl or cyclic N) is 1. The Morgan fingerprint density at radius 1 is 1.24 bits per heavy atom. The molecule has 2 aromatic carbocycles. The van der Waals surface area contributed by atoms with Crippen LogP contribution in [0.1, 0.15) is 29.5 Å². The Kier molecular flexibility index (Phi) is 4.78. The van der Waals surface area contributed by atoms with Gasteiger partial charge in [-0.2, -0.15) is 0 Å². The maximum Gasteiger partial charge on any atom is 0.289 e. The van der Waals surface area contributed by atoms with Crippen molar-refractivity contribution in [2.24, 2.45) is 0 Å². The SMILES string of the molecule is Cc1c(C(=O)N2CC[C@H](Oc3cccc(F)c3)[C@@](C)(O)C2)oc2ccc(F)cc12. The molecule has 0 saturated carbocycles. The van der Waals surface area contributed by atoms with Crippen molar-refractivity contribution in [2.75, 3.05) is 13.1 Å². The fourth-order valence-electron chi connectivity index (χ4n) is 3.76. The number of amides is 1. The van der Waals surface area contributed by atoms with Gasteiger partial charge >= 0.3 is 0 Å². The first-order valence-corrected chi connectivity index (χ1v) is 9.37. The second-order valence-electron chi connectivity index (χ2n) is 7.63. The molecule has 5 nitrogen and oxygen atoms in total. The lowest BCUT2D eigenvalue weighted by Gasteiger charge is -2.42. The molecule has 0 aliphatic carbocycles. The normalized spacial score (nSPS) is 22.1. The van der Waals surface area contributed by atoms with Crippen LogP contribution < -0.4 is 4.74 Å². The van der Waals surface area contributed by atoms with Gasteiger partial charge in [-0.15, -0.1) is 0 Å². The highest BCUT2D eigenvalue weighted by Crippen LogP contribution is 2.31. The van der Waals surface area contributed by atoms with Crippen molar-refractivity contribution in [3.63, 3.8) is 0 Å². The van der Waals surface area contributed by atoms with Crippen LogP contribution >= 0.6 is 0 Å². The summed E-state index contributed by atoms with van der Waals surface area (Å²) < 4.78 is 38.4. The zero-order valence-corrected chi connectivity index (χ0v) is 16.1. The van der Waals surface area contributed by atoms with Gasteiger partial charge < -0.3 is 19.2 Å². The molecule has 2 atom stereocenters. The van der Waals surface area contributed by atoms with Crippen LogP contribution in [-0.4, -0.2) is 40.7 Å². The molecule has 1 saturated heterocycles. The van der Waals surface area contributed by atoms with E-state index >= 15 is 0 Å². The molecule has 0 unspecified atom stereocenters. The summed E-state index contributed by atoms with van der Waals surface area (Å²) in [6.45, 7) is 3.64. The van der Waals surface area contributed by atoms with Gasteiger partial charge in [0.1, 0.15) is 34.7 Å². The molecule has 0 radical (unpaired) electrons. The standard InChI is InChI=1S/C22H21F2NO4/c1-13-17-11-15(24)6-7-18(17)29-20(13)21(26)25-9-8-19(22(2,27)12-25)28-16-5-3-4-14(23)10-16/h3-7,10-11,19,27H,8-9,12H2,1-2H3/t19-,22-/m0/s1. The molecule has 1 N–H and O–H groups in total. The maximum atomic E-state index is 13.5. The number of carbonyl (C=O) groups excluding carboxylic acids is 1. The molecule has 0 bridgehead atoms. The molecule has 152 valence electrons. The summed E-state index contributed by atoms with van der Waals surface area (Å²) in [7, 11) is 0. The first-order valence-electron chi connectivity index (χ1n) is 9.37. The molecule has 3 aromatic rings. The number of piperidine rings is 1. The van der Waals surface area contributed by atoms with Crippen molar-refractivity contribution in [1.29, 1.82) is 0 Å². The Bertz CT molecular complexity index is 1080. The van der Waals surface area contributed by atoms with E-state index in [1.807, 2.05) is 0 Å². The van der Waals surface area contributed by atoms with E-state index < -0.39 is 23.3 Å². The lowest BCUT2D eigenvalue weighted by atomic mass is 9.91. The molecule has 0 spiro atoms. The van der Waals surface area contributed by atoms with Crippen molar-refractivity contribution in [1.82, 2.24) is 4.90 Å². The minimum Gasteiger partial charge on any atom is -0.487 e. The predicted octanol–water partition coefficient (Wildman–Crippen LogP) is 4.06. The Morgan fingerprint density at radius 3 is 2.72 bits per heavy atom. The average Bonchev–Trinajstić information content (AvgIpc) is 2.99. The molecule has 4 rings (SSSR count). The highest BCUT2D eigenvalue weighted by molar-refractivity contribution is 5.99. The number of nitrogens with zero attached hydrogens (tertiary/aromatic N) is 1. The number of carbonyl (C=O) groups is 1. The van der Waals surface area contributed by atoms with Gasteiger partial charge in [0.2, 0.25) is 0 Å². The summed E-state index contributed by atoms with van der Waals surface area (Å²) in [4.78, 5) is 14.5. The topological polar surface area (TPSA) is 62.9 Å². The van der Waals surface area contributed by atoms with Crippen LogP contribution in [0.3, 0.4) is 0 Å². The molecule has 1 aliphatic rings. The van der Waals surface area contributed by atoms with Gasteiger partial charge in [0.05, 0.1) is 6.54 Å².